The van der Waals surface area contributed by atoms with Crippen LogP contribution in [-0.4, -0.2) is 37.2 Å². The molecule has 0 aromatic rings. The molecule has 0 spiro atoms. The van der Waals surface area contributed by atoms with Gasteiger partial charge in [-0.3, -0.25) is 14.4 Å². The van der Waals surface area contributed by atoms with Gasteiger partial charge in [-0.2, -0.15) is 0 Å². The van der Waals surface area contributed by atoms with Crippen molar-refractivity contribution in [3.05, 3.63) is 72.9 Å². The van der Waals surface area contributed by atoms with Gasteiger partial charge in [0.15, 0.2) is 6.10 Å². The number of ether oxygens (including phenoxy) is 3. The van der Waals surface area contributed by atoms with E-state index in [9.17, 15) is 14.4 Å². The van der Waals surface area contributed by atoms with Crippen molar-refractivity contribution in [3.63, 3.8) is 0 Å². The summed E-state index contributed by atoms with van der Waals surface area (Å²) in [5.74, 6) is -0.929. The van der Waals surface area contributed by atoms with Crippen LogP contribution in [0.15, 0.2) is 72.9 Å². The topological polar surface area (TPSA) is 78.9 Å². The summed E-state index contributed by atoms with van der Waals surface area (Å²) in [6.45, 7) is 6.46. The van der Waals surface area contributed by atoms with Gasteiger partial charge in [0.25, 0.3) is 0 Å². The monoisotopic (exact) mass is 893 g/mol. The first-order chi connectivity index (χ1) is 31.5. The number of carbonyl (C=O) groups excluding carboxylic acids is 3. The van der Waals surface area contributed by atoms with Crippen molar-refractivity contribution in [2.45, 2.75) is 264 Å². The summed E-state index contributed by atoms with van der Waals surface area (Å²) in [5.41, 5.74) is 0. The van der Waals surface area contributed by atoms with Gasteiger partial charge < -0.3 is 14.2 Å². The molecule has 0 fully saturated rings. The highest BCUT2D eigenvalue weighted by molar-refractivity contribution is 5.71. The molecular weight excluding hydrogens is 793 g/mol. The number of rotatable bonds is 48. The van der Waals surface area contributed by atoms with E-state index in [0.717, 1.165) is 64.2 Å². The maximum atomic E-state index is 12.8. The van der Waals surface area contributed by atoms with Crippen molar-refractivity contribution < 1.29 is 28.6 Å². The van der Waals surface area contributed by atoms with Gasteiger partial charge in [0, 0.05) is 19.3 Å². The van der Waals surface area contributed by atoms with Gasteiger partial charge in [-0.1, -0.05) is 273 Å². The molecule has 0 bridgehead atoms. The standard InChI is InChI=1S/C58H100O6/c1-4-7-10-13-16-19-22-24-26-28-29-31-32-34-36-39-42-45-48-51-57(60)63-54-55(53-62-56(59)50-47-44-41-38-21-18-15-12-9-6-3)64-58(61)52-49-46-43-40-37-35-33-30-27-25-23-20-17-14-11-8-5-2/h8,11,14,17,20,23,25,27,30,33,35,37,55H,4-7,9-10,12-13,15-16,18-19,21-22,24,26,28-29,31-32,34,36,38-54H2,1-3H3/b11-8-,17-14-,23-20-,27-25-,33-30+,37-35-. The van der Waals surface area contributed by atoms with Crippen LogP contribution in [0, 0.1) is 0 Å². The molecule has 0 aliphatic heterocycles. The Labute approximate surface area is 395 Å². The molecule has 64 heavy (non-hydrogen) atoms. The molecule has 0 saturated heterocycles. The fourth-order valence-corrected chi connectivity index (χ4v) is 7.59. The van der Waals surface area contributed by atoms with Crippen molar-refractivity contribution in [2.75, 3.05) is 13.2 Å². The predicted octanol–water partition coefficient (Wildman–Crippen LogP) is 17.8. The minimum Gasteiger partial charge on any atom is -0.462 e. The van der Waals surface area contributed by atoms with Crippen LogP contribution in [0.2, 0.25) is 0 Å². The largest absolute Gasteiger partial charge is 0.462 e. The summed E-state index contributed by atoms with van der Waals surface area (Å²) < 4.78 is 16.8. The third kappa shape index (κ3) is 49.9. The Balaban J connectivity index is 4.38. The van der Waals surface area contributed by atoms with Gasteiger partial charge in [0.05, 0.1) is 0 Å². The zero-order valence-corrected chi connectivity index (χ0v) is 42.0. The van der Waals surface area contributed by atoms with E-state index < -0.39 is 6.10 Å². The second-order valence-corrected chi connectivity index (χ2v) is 17.9. The summed E-state index contributed by atoms with van der Waals surface area (Å²) >= 11 is 0. The molecule has 1 unspecified atom stereocenters. The molecule has 6 nitrogen and oxygen atoms in total. The highest BCUT2D eigenvalue weighted by Crippen LogP contribution is 2.16. The molecule has 0 amide bonds. The van der Waals surface area contributed by atoms with Crippen LogP contribution in [0.3, 0.4) is 0 Å². The number of unbranched alkanes of at least 4 members (excludes halogenated alkanes) is 30. The molecular formula is C58H100O6. The normalized spacial score (nSPS) is 12.6. The van der Waals surface area contributed by atoms with Crippen LogP contribution in [0.5, 0.6) is 0 Å². The van der Waals surface area contributed by atoms with E-state index in [-0.39, 0.29) is 37.5 Å². The van der Waals surface area contributed by atoms with Gasteiger partial charge >= 0.3 is 17.9 Å². The van der Waals surface area contributed by atoms with Crippen molar-refractivity contribution in [1.82, 2.24) is 0 Å². The summed E-state index contributed by atoms with van der Waals surface area (Å²) in [6.07, 6.45) is 66.1. The maximum Gasteiger partial charge on any atom is 0.306 e. The highest BCUT2D eigenvalue weighted by Gasteiger charge is 2.19. The van der Waals surface area contributed by atoms with Gasteiger partial charge in [-0.15, -0.1) is 0 Å². The Kier molecular flexibility index (Phi) is 49.9. The Morgan fingerprint density at radius 2 is 0.609 bits per heavy atom. The van der Waals surface area contributed by atoms with Crippen LogP contribution in [0.25, 0.3) is 0 Å². The quantitative estimate of drug-likeness (QED) is 0.0262. The third-order valence-electron chi connectivity index (χ3n) is 11.6. The lowest BCUT2D eigenvalue weighted by Crippen LogP contribution is -2.30. The molecule has 368 valence electrons. The van der Waals surface area contributed by atoms with Crippen LogP contribution >= 0.6 is 0 Å². The fraction of sp³-hybridized carbons (Fsp3) is 0.741. The number of hydrogen-bond acceptors (Lipinski definition) is 6. The van der Waals surface area contributed by atoms with E-state index in [2.05, 4.69) is 32.9 Å². The van der Waals surface area contributed by atoms with E-state index >= 15 is 0 Å². The molecule has 0 N–H and O–H groups in total. The lowest BCUT2D eigenvalue weighted by molar-refractivity contribution is -0.167. The summed E-state index contributed by atoms with van der Waals surface area (Å²) in [5, 5.41) is 0. The zero-order valence-electron chi connectivity index (χ0n) is 42.0. The SMILES string of the molecule is CC\C=C/C=C\C=C/C=C\C=C\C=C/CCCCCC(=O)OC(COC(=O)CCCCCCCCCCCC)COC(=O)CCCCCCCCCCCCCCCCCCCCC. The van der Waals surface area contributed by atoms with E-state index in [4.69, 9.17) is 14.2 Å². The van der Waals surface area contributed by atoms with Crippen molar-refractivity contribution in [3.8, 4) is 0 Å². The molecule has 0 aromatic heterocycles. The minimum atomic E-state index is -0.795. The molecule has 0 aromatic carbocycles. The lowest BCUT2D eigenvalue weighted by Gasteiger charge is -2.18. The second kappa shape index (κ2) is 52.5. The van der Waals surface area contributed by atoms with Gasteiger partial charge in [-0.25, -0.2) is 0 Å². The first kappa shape index (κ1) is 60.9. The average molecular weight is 893 g/mol. The number of esters is 3. The van der Waals surface area contributed by atoms with E-state index in [1.807, 2.05) is 60.8 Å². The van der Waals surface area contributed by atoms with Crippen molar-refractivity contribution >= 4 is 17.9 Å². The van der Waals surface area contributed by atoms with Crippen molar-refractivity contribution in [1.29, 1.82) is 0 Å². The lowest BCUT2D eigenvalue weighted by atomic mass is 10.0. The van der Waals surface area contributed by atoms with Crippen LogP contribution in [0.1, 0.15) is 258 Å². The first-order valence-corrected chi connectivity index (χ1v) is 27.0. The van der Waals surface area contributed by atoms with Crippen LogP contribution in [-0.2, 0) is 28.6 Å². The summed E-state index contributed by atoms with van der Waals surface area (Å²) in [7, 11) is 0. The first-order valence-electron chi connectivity index (χ1n) is 27.0. The average Bonchev–Trinajstić information content (AvgIpc) is 3.29. The number of carbonyl (C=O) groups is 3. The van der Waals surface area contributed by atoms with Crippen molar-refractivity contribution in [2.24, 2.45) is 0 Å². The highest BCUT2D eigenvalue weighted by atomic mass is 16.6. The predicted molar refractivity (Wildman–Crippen MR) is 274 cm³/mol. The van der Waals surface area contributed by atoms with Crippen LogP contribution < -0.4 is 0 Å². The molecule has 0 saturated carbocycles. The Morgan fingerprint density at radius 3 is 0.953 bits per heavy atom. The Hall–Kier alpha value is -3.15. The van der Waals surface area contributed by atoms with Gasteiger partial charge in [0.1, 0.15) is 13.2 Å². The van der Waals surface area contributed by atoms with Crippen LogP contribution in [0.4, 0.5) is 0 Å². The van der Waals surface area contributed by atoms with E-state index in [1.165, 1.54) is 148 Å². The molecule has 0 heterocycles. The summed E-state index contributed by atoms with van der Waals surface area (Å²) in [4.78, 5) is 38.0. The Bertz CT molecular complexity index is 1210. The van der Waals surface area contributed by atoms with E-state index in [0.29, 0.717) is 19.3 Å². The minimum absolute atomic E-state index is 0.0906. The molecule has 0 rings (SSSR count). The molecule has 6 heteroatoms. The molecule has 0 radical (unpaired) electrons. The Morgan fingerprint density at radius 1 is 0.328 bits per heavy atom. The number of allylic oxidation sites excluding steroid dienone is 12. The maximum absolute atomic E-state index is 12.8. The van der Waals surface area contributed by atoms with Gasteiger partial charge in [-0.05, 0) is 38.5 Å². The van der Waals surface area contributed by atoms with Gasteiger partial charge in [0.2, 0.25) is 0 Å². The fourth-order valence-electron chi connectivity index (χ4n) is 7.59. The second-order valence-electron chi connectivity index (χ2n) is 17.9. The van der Waals surface area contributed by atoms with E-state index in [1.54, 1.807) is 0 Å². The summed E-state index contributed by atoms with van der Waals surface area (Å²) in [6, 6.07) is 0. The molecule has 0 aliphatic rings. The third-order valence-corrected chi connectivity index (χ3v) is 11.6. The molecule has 1 atom stereocenters. The molecule has 0 aliphatic carbocycles. The number of hydrogen-bond donors (Lipinski definition) is 0. The zero-order chi connectivity index (χ0) is 46.5. The smallest absolute Gasteiger partial charge is 0.306 e.